The summed E-state index contributed by atoms with van der Waals surface area (Å²) in [5.41, 5.74) is 0.997. The second-order valence-electron chi connectivity index (χ2n) is 5.47. The number of aliphatic hydroxyl groups excluding tert-OH is 1. The third-order valence-electron chi connectivity index (χ3n) is 3.45. The predicted molar refractivity (Wildman–Crippen MR) is 82.4 cm³/mol. The molecule has 0 fully saturated rings. The largest absolute Gasteiger partial charge is 0.416 e. The molecule has 2 aromatic rings. The number of hydrogen-bond acceptors (Lipinski definition) is 3. The van der Waals surface area contributed by atoms with Gasteiger partial charge in [0.25, 0.3) is 5.91 Å². The van der Waals surface area contributed by atoms with Crippen LogP contribution in [-0.2, 0) is 6.18 Å². The van der Waals surface area contributed by atoms with Gasteiger partial charge in [-0.3, -0.25) is 9.78 Å². The minimum absolute atomic E-state index is 0.183. The number of aromatic nitrogens is 1. The fourth-order valence-electron chi connectivity index (χ4n) is 2.37. The highest BCUT2D eigenvalue weighted by Crippen LogP contribution is 2.30. The lowest BCUT2D eigenvalue weighted by Crippen LogP contribution is -2.31. The number of amides is 1. The summed E-state index contributed by atoms with van der Waals surface area (Å²) < 4.78 is 38.4. The molecule has 1 amide bonds. The van der Waals surface area contributed by atoms with E-state index in [-0.39, 0.29) is 5.56 Å². The van der Waals surface area contributed by atoms with Crippen molar-refractivity contribution in [2.75, 3.05) is 6.61 Å². The van der Waals surface area contributed by atoms with Crippen molar-refractivity contribution >= 4 is 5.91 Å². The van der Waals surface area contributed by atoms with Crippen molar-refractivity contribution in [1.82, 2.24) is 10.3 Å². The molecule has 24 heavy (non-hydrogen) atoms. The van der Waals surface area contributed by atoms with Crippen LogP contribution in [0.3, 0.4) is 0 Å². The fourth-order valence-corrected chi connectivity index (χ4v) is 2.37. The number of hydrogen-bond donors (Lipinski definition) is 2. The monoisotopic (exact) mass is 338 g/mol. The van der Waals surface area contributed by atoms with Crippen molar-refractivity contribution in [1.29, 1.82) is 0 Å². The first kappa shape index (κ1) is 17.9. The number of aliphatic hydroxyl groups is 1. The van der Waals surface area contributed by atoms with Gasteiger partial charge in [-0.1, -0.05) is 12.1 Å². The predicted octanol–water partition coefficient (Wildman–Crippen LogP) is 3.18. The van der Waals surface area contributed by atoms with Crippen LogP contribution < -0.4 is 5.32 Å². The van der Waals surface area contributed by atoms with Gasteiger partial charge in [0.2, 0.25) is 0 Å². The van der Waals surface area contributed by atoms with E-state index in [2.05, 4.69) is 10.3 Å². The summed E-state index contributed by atoms with van der Waals surface area (Å²) in [6.45, 7) is 2.95. The van der Waals surface area contributed by atoms with Gasteiger partial charge < -0.3 is 10.4 Å². The standard InChI is InChI=1S/C17H17F3N2O2/c1-10-6-13(7-11(2)21-10)16(24)22-15(9-23)12-4-3-5-14(8-12)17(18,19)20/h3-8,15,23H,9H2,1-2H3,(H,22,24). The van der Waals surface area contributed by atoms with Gasteiger partial charge in [0.1, 0.15) is 0 Å². The van der Waals surface area contributed by atoms with Gasteiger partial charge in [0, 0.05) is 17.0 Å². The third kappa shape index (κ3) is 4.32. The van der Waals surface area contributed by atoms with Crippen molar-refractivity contribution in [3.63, 3.8) is 0 Å². The van der Waals surface area contributed by atoms with Gasteiger partial charge >= 0.3 is 6.18 Å². The van der Waals surface area contributed by atoms with Crippen LogP contribution in [0.15, 0.2) is 36.4 Å². The number of aryl methyl sites for hydroxylation is 2. The molecule has 0 aliphatic carbocycles. The second kappa shape index (κ2) is 7.00. The average molecular weight is 338 g/mol. The SMILES string of the molecule is Cc1cc(C(=O)NC(CO)c2cccc(C(F)(F)F)c2)cc(C)n1. The topological polar surface area (TPSA) is 62.2 Å². The number of carbonyl (C=O) groups excluding carboxylic acids is 1. The average Bonchev–Trinajstić information content (AvgIpc) is 2.50. The molecule has 0 saturated heterocycles. The number of nitrogens with one attached hydrogen (secondary N) is 1. The Kier molecular flexibility index (Phi) is 5.23. The van der Waals surface area contributed by atoms with E-state index >= 15 is 0 Å². The molecule has 0 bridgehead atoms. The van der Waals surface area contributed by atoms with Crippen LogP contribution in [0, 0.1) is 13.8 Å². The van der Waals surface area contributed by atoms with Gasteiger partial charge in [-0.15, -0.1) is 0 Å². The summed E-state index contributed by atoms with van der Waals surface area (Å²) in [7, 11) is 0. The van der Waals surface area contributed by atoms with Crippen molar-refractivity contribution in [3.05, 3.63) is 64.5 Å². The minimum atomic E-state index is -4.49. The molecule has 1 heterocycles. The molecule has 4 nitrogen and oxygen atoms in total. The fraction of sp³-hybridized carbons (Fsp3) is 0.294. The van der Waals surface area contributed by atoms with Gasteiger partial charge in [0.15, 0.2) is 0 Å². The van der Waals surface area contributed by atoms with Crippen LogP contribution in [0.5, 0.6) is 0 Å². The number of alkyl halides is 3. The highest BCUT2D eigenvalue weighted by Gasteiger charge is 2.31. The lowest BCUT2D eigenvalue weighted by atomic mass is 10.0. The van der Waals surface area contributed by atoms with Gasteiger partial charge in [-0.25, -0.2) is 0 Å². The van der Waals surface area contributed by atoms with Gasteiger partial charge in [-0.05, 0) is 43.7 Å². The molecule has 1 aromatic heterocycles. The number of nitrogens with zero attached hydrogens (tertiary/aromatic N) is 1. The smallest absolute Gasteiger partial charge is 0.394 e. The number of pyridine rings is 1. The minimum Gasteiger partial charge on any atom is -0.394 e. The molecule has 0 aliphatic rings. The Labute approximate surface area is 137 Å². The van der Waals surface area contributed by atoms with E-state index in [4.69, 9.17) is 0 Å². The molecule has 1 unspecified atom stereocenters. The second-order valence-corrected chi connectivity index (χ2v) is 5.47. The Morgan fingerprint density at radius 2 is 1.83 bits per heavy atom. The van der Waals surface area contributed by atoms with Gasteiger partial charge in [0.05, 0.1) is 18.2 Å². The summed E-state index contributed by atoms with van der Waals surface area (Å²) in [6.07, 6.45) is -4.49. The zero-order chi connectivity index (χ0) is 17.9. The van der Waals surface area contributed by atoms with Crippen LogP contribution in [-0.4, -0.2) is 22.6 Å². The van der Waals surface area contributed by atoms with Crippen LogP contribution in [0.4, 0.5) is 13.2 Å². The van der Waals surface area contributed by atoms with Crippen molar-refractivity contribution < 1.29 is 23.1 Å². The van der Waals surface area contributed by atoms with Crippen LogP contribution in [0.2, 0.25) is 0 Å². The van der Waals surface area contributed by atoms with E-state index in [0.29, 0.717) is 17.0 Å². The highest BCUT2D eigenvalue weighted by molar-refractivity contribution is 5.94. The Hall–Kier alpha value is -2.41. The summed E-state index contributed by atoms with van der Waals surface area (Å²) in [4.78, 5) is 16.5. The zero-order valence-electron chi connectivity index (χ0n) is 13.2. The maximum Gasteiger partial charge on any atom is 0.416 e. The number of carbonyl (C=O) groups is 1. The quantitative estimate of drug-likeness (QED) is 0.900. The molecular weight excluding hydrogens is 321 g/mol. The molecule has 0 aliphatic heterocycles. The van der Waals surface area contributed by atoms with E-state index in [1.807, 2.05) is 0 Å². The molecule has 0 radical (unpaired) electrons. The lowest BCUT2D eigenvalue weighted by molar-refractivity contribution is -0.137. The molecule has 0 spiro atoms. The van der Waals surface area contributed by atoms with Crippen LogP contribution in [0.25, 0.3) is 0 Å². The normalized spacial score (nSPS) is 12.8. The number of benzene rings is 1. The van der Waals surface area contributed by atoms with Crippen LogP contribution >= 0.6 is 0 Å². The first-order valence-corrected chi connectivity index (χ1v) is 7.25. The molecule has 1 aromatic carbocycles. The molecule has 1 atom stereocenters. The first-order valence-electron chi connectivity index (χ1n) is 7.25. The summed E-state index contributed by atoms with van der Waals surface area (Å²) in [5, 5.41) is 12.0. The van der Waals surface area contributed by atoms with Crippen molar-refractivity contribution in [3.8, 4) is 0 Å². The zero-order valence-corrected chi connectivity index (χ0v) is 13.2. The Balaban J connectivity index is 2.24. The maximum atomic E-state index is 12.8. The first-order chi connectivity index (χ1) is 11.2. The molecule has 0 saturated carbocycles. The molecule has 7 heteroatoms. The molecule has 2 rings (SSSR count). The molecule has 2 N–H and O–H groups in total. The lowest BCUT2D eigenvalue weighted by Gasteiger charge is -2.18. The summed E-state index contributed by atoms with van der Waals surface area (Å²) in [6, 6.07) is 6.74. The molecular formula is C17H17F3N2O2. The van der Waals surface area contributed by atoms with E-state index in [1.54, 1.807) is 26.0 Å². The Morgan fingerprint density at radius 3 is 2.38 bits per heavy atom. The maximum absolute atomic E-state index is 12.8. The van der Waals surface area contributed by atoms with E-state index < -0.39 is 30.3 Å². The summed E-state index contributed by atoms with van der Waals surface area (Å²) >= 11 is 0. The third-order valence-corrected chi connectivity index (χ3v) is 3.45. The van der Waals surface area contributed by atoms with E-state index in [9.17, 15) is 23.1 Å². The van der Waals surface area contributed by atoms with E-state index in [0.717, 1.165) is 12.1 Å². The van der Waals surface area contributed by atoms with E-state index in [1.165, 1.54) is 12.1 Å². The highest BCUT2D eigenvalue weighted by atomic mass is 19.4. The van der Waals surface area contributed by atoms with Crippen molar-refractivity contribution in [2.24, 2.45) is 0 Å². The molecule has 128 valence electrons. The number of rotatable bonds is 4. The van der Waals surface area contributed by atoms with Gasteiger partial charge in [-0.2, -0.15) is 13.2 Å². The summed E-state index contributed by atoms with van der Waals surface area (Å²) in [5.74, 6) is -0.486. The van der Waals surface area contributed by atoms with Crippen molar-refractivity contribution in [2.45, 2.75) is 26.1 Å². The Morgan fingerprint density at radius 1 is 1.21 bits per heavy atom. The Bertz CT molecular complexity index is 725. The number of halogens is 3. The van der Waals surface area contributed by atoms with Crippen LogP contribution in [0.1, 0.15) is 38.9 Å².